The number of benzene rings is 3. The smallest absolute Gasteiger partial charge is 0.141 e. The summed E-state index contributed by atoms with van der Waals surface area (Å²) in [5.74, 6) is 0.531. The first-order valence-corrected chi connectivity index (χ1v) is 9.34. The first-order valence-electron chi connectivity index (χ1n) is 9.34. The molecule has 0 saturated heterocycles. The number of aryl methyl sites for hydroxylation is 1. The normalized spacial score (nSPS) is 11.2. The Kier molecular flexibility index (Phi) is 4.17. The number of anilines is 2. The fourth-order valence-corrected chi connectivity index (χ4v) is 3.51. The molecule has 0 aliphatic rings. The molecule has 0 saturated carbocycles. The van der Waals surface area contributed by atoms with Gasteiger partial charge in [-0.3, -0.25) is 4.68 Å². The lowest BCUT2D eigenvalue weighted by Gasteiger charge is -2.09. The average Bonchev–Trinajstić information content (AvgIpc) is 3.10. The monoisotopic (exact) mass is 383 g/mol. The second-order valence-electron chi connectivity index (χ2n) is 7.07. The van der Waals surface area contributed by atoms with Gasteiger partial charge in [0.15, 0.2) is 0 Å². The van der Waals surface area contributed by atoms with E-state index >= 15 is 0 Å². The first-order chi connectivity index (χ1) is 14.2. The van der Waals surface area contributed by atoms with E-state index in [1.165, 1.54) is 12.1 Å². The highest BCUT2D eigenvalue weighted by molar-refractivity contribution is 5.92. The molecule has 0 aliphatic heterocycles. The molecule has 0 atom stereocenters. The molecule has 2 heterocycles. The molecule has 0 spiro atoms. The van der Waals surface area contributed by atoms with Gasteiger partial charge in [-0.1, -0.05) is 23.8 Å². The highest BCUT2D eigenvalue weighted by Crippen LogP contribution is 2.26. The summed E-state index contributed by atoms with van der Waals surface area (Å²) >= 11 is 0. The lowest BCUT2D eigenvalue weighted by atomic mass is 10.1. The minimum Gasteiger partial charge on any atom is -0.340 e. The molecular weight excluding hydrogens is 365 g/mol. The SMILES string of the molecule is Cc1ccc2ncnc(Nc3ccc4c(cnn4Cc4cccc(F)c4)c3)c2c1. The Morgan fingerprint density at radius 3 is 2.83 bits per heavy atom. The van der Waals surface area contributed by atoms with Gasteiger partial charge in [-0.15, -0.1) is 0 Å². The fourth-order valence-electron chi connectivity index (χ4n) is 3.51. The van der Waals surface area contributed by atoms with Crippen LogP contribution in [0.1, 0.15) is 11.1 Å². The summed E-state index contributed by atoms with van der Waals surface area (Å²) in [6.45, 7) is 2.57. The Hall–Kier alpha value is -3.80. The predicted octanol–water partition coefficient (Wildman–Crippen LogP) is 5.22. The van der Waals surface area contributed by atoms with Gasteiger partial charge in [0.2, 0.25) is 0 Å². The van der Waals surface area contributed by atoms with Crippen LogP contribution >= 0.6 is 0 Å². The van der Waals surface area contributed by atoms with Crippen LogP contribution in [0, 0.1) is 12.7 Å². The number of rotatable bonds is 4. The van der Waals surface area contributed by atoms with E-state index in [2.05, 4.69) is 33.4 Å². The van der Waals surface area contributed by atoms with Crippen molar-refractivity contribution in [3.05, 3.63) is 90.1 Å². The van der Waals surface area contributed by atoms with Crippen LogP contribution < -0.4 is 5.32 Å². The zero-order valence-corrected chi connectivity index (χ0v) is 15.8. The van der Waals surface area contributed by atoms with E-state index in [9.17, 15) is 4.39 Å². The molecule has 3 aromatic carbocycles. The zero-order valence-electron chi connectivity index (χ0n) is 15.8. The first kappa shape index (κ1) is 17.3. The lowest BCUT2D eigenvalue weighted by Crippen LogP contribution is -2.01. The number of halogens is 1. The lowest BCUT2D eigenvalue weighted by molar-refractivity contribution is 0.621. The molecule has 0 radical (unpaired) electrons. The molecule has 142 valence electrons. The van der Waals surface area contributed by atoms with Crippen LogP contribution in [0.4, 0.5) is 15.9 Å². The van der Waals surface area contributed by atoms with Crippen molar-refractivity contribution in [3.63, 3.8) is 0 Å². The van der Waals surface area contributed by atoms with E-state index in [4.69, 9.17) is 0 Å². The molecule has 0 bridgehead atoms. The summed E-state index contributed by atoms with van der Waals surface area (Å²) in [5.41, 5.74) is 4.84. The van der Waals surface area contributed by atoms with Crippen molar-refractivity contribution in [2.45, 2.75) is 13.5 Å². The highest BCUT2D eigenvalue weighted by atomic mass is 19.1. The molecule has 29 heavy (non-hydrogen) atoms. The van der Waals surface area contributed by atoms with Gasteiger partial charge >= 0.3 is 0 Å². The number of hydrogen-bond acceptors (Lipinski definition) is 4. The van der Waals surface area contributed by atoms with Crippen molar-refractivity contribution in [3.8, 4) is 0 Å². The van der Waals surface area contributed by atoms with Gasteiger partial charge in [0, 0.05) is 16.5 Å². The van der Waals surface area contributed by atoms with E-state index in [1.54, 1.807) is 12.4 Å². The van der Waals surface area contributed by atoms with Crippen molar-refractivity contribution < 1.29 is 4.39 Å². The van der Waals surface area contributed by atoms with Crippen molar-refractivity contribution in [1.82, 2.24) is 19.7 Å². The maximum atomic E-state index is 13.5. The minimum absolute atomic E-state index is 0.238. The van der Waals surface area contributed by atoms with Gasteiger partial charge in [-0.25, -0.2) is 14.4 Å². The van der Waals surface area contributed by atoms with Crippen LogP contribution in [0.3, 0.4) is 0 Å². The Labute approximate surface area is 166 Å². The van der Waals surface area contributed by atoms with Gasteiger partial charge in [0.05, 0.1) is 23.8 Å². The van der Waals surface area contributed by atoms with Crippen LogP contribution in [0.15, 0.2) is 73.2 Å². The van der Waals surface area contributed by atoms with Crippen LogP contribution in [0.5, 0.6) is 0 Å². The predicted molar refractivity (Wildman–Crippen MR) is 113 cm³/mol. The summed E-state index contributed by atoms with van der Waals surface area (Å²) in [4.78, 5) is 8.75. The minimum atomic E-state index is -0.238. The number of hydrogen-bond donors (Lipinski definition) is 1. The third-order valence-electron chi connectivity index (χ3n) is 4.92. The second kappa shape index (κ2) is 6.98. The van der Waals surface area contributed by atoms with Gasteiger partial charge in [-0.2, -0.15) is 5.10 Å². The molecule has 2 aromatic heterocycles. The summed E-state index contributed by atoms with van der Waals surface area (Å²) in [6.07, 6.45) is 3.39. The number of fused-ring (bicyclic) bond motifs is 2. The van der Waals surface area contributed by atoms with Crippen LogP contribution in [-0.2, 0) is 6.54 Å². The van der Waals surface area contributed by atoms with E-state index in [0.717, 1.165) is 44.4 Å². The highest BCUT2D eigenvalue weighted by Gasteiger charge is 2.08. The Morgan fingerprint density at radius 1 is 1.00 bits per heavy atom. The molecule has 0 aliphatic carbocycles. The van der Waals surface area contributed by atoms with E-state index in [0.29, 0.717) is 6.54 Å². The van der Waals surface area contributed by atoms with E-state index in [1.807, 2.05) is 47.3 Å². The number of aromatic nitrogens is 4. The molecule has 0 fully saturated rings. The van der Waals surface area contributed by atoms with E-state index in [-0.39, 0.29) is 5.82 Å². The van der Waals surface area contributed by atoms with Crippen LogP contribution in [-0.4, -0.2) is 19.7 Å². The topological polar surface area (TPSA) is 55.6 Å². The average molecular weight is 383 g/mol. The standard InChI is InChI=1S/C23H18FN5/c1-15-5-7-21-20(9-15)23(26-14-25-21)28-19-6-8-22-17(11-19)12-27-29(22)13-16-3-2-4-18(24)10-16/h2-12,14H,13H2,1H3,(H,25,26,28). The number of nitrogens with zero attached hydrogens (tertiary/aromatic N) is 4. The maximum absolute atomic E-state index is 13.5. The third-order valence-corrected chi connectivity index (χ3v) is 4.92. The Balaban J connectivity index is 1.46. The Bertz CT molecular complexity index is 1340. The molecule has 5 nitrogen and oxygen atoms in total. The summed E-state index contributed by atoms with van der Waals surface area (Å²) in [7, 11) is 0. The summed E-state index contributed by atoms with van der Waals surface area (Å²) < 4.78 is 15.3. The molecule has 5 aromatic rings. The van der Waals surface area contributed by atoms with Gasteiger partial charge < -0.3 is 5.32 Å². The zero-order chi connectivity index (χ0) is 19.8. The second-order valence-corrected chi connectivity index (χ2v) is 7.07. The molecule has 6 heteroatoms. The molecule has 0 amide bonds. The Morgan fingerprint density at radius 2 is 1.93 bits per heavy atom. The largest absolute Gasteiger partial charge is 0.340 e. The quantitative estimate of drug-likeness (QED) is 0.462. The van der Waals surface area contributed by atoms with E-state index < -0.39 is 0 Å². The summed E-state index contributed by atoms with van der Waals surface area (Å²) in [6, 6.07) is 18.7. The van der Waals surface area contributed by atoms with Gasteiger partial charge in [0.1, 0.15) is 18.0 Å². The van der Waals surface area contributed by atoms with Crippen molar-refractivity contribution in [2.24, 2.45) is 0 Å². The fraction of sp³-hybridized carbons (Fsp3) is 0.0870. The van der Waals surface area contributed by atoms with Crippen LogP contribution in [0.2, 0.25) is 0 Å². The van der Waals surface area contributed by atoms with Crippen molar-refractivity contribution in [1.29, 1.82) is 0 Å². The van der Waals surface area contributed by atoms with Gasteiger partial charge in [-0.05, 0) is 55.0 Å². The molecule has 1 N–H and O–H groups in total. The third kappa shape index (κ3) is 3.40. The maximum Gasteiger partial charge on any atom is 0.141 e. The van der Waals surface area contributed by atoms with Crippen molar-refractivity contribution in [2.75, 3.05) is 5.32 Å². The van der Waals surface area contributed by atoms with Crippen molar-refractivity contribution >= 4 is 33.3 Å². The molecular formula is C23H18FN5. The molecule has 5 rings (SSSR count). The summed E-state index contributed by atoms with van der Waals surface area (Å²) in [5, 5.41) is 9.85. The van der Waals surface area contributed by atoms with Crippen LogP contribution in [0.25, 0.3) is 21.8 Å². The number of nitrogens with one attached hydrogen (secondary N) is 1. The molecule has 0 unspecified atom stereocenters. The van der Waals surface area contributed by atoms with Gasteiger partial charge in [0.25, 0.3) is 0 Å².